The Kier molecular flexibility index (Phi) is 6.57. The summed E-state index contributed by atoms with van der Waals surface area (Å²) in [6.07, 6.45) is 4.66. The highest BCUT2D eigenvalue weighted by Crippen LogP contribution is 2.00. The van der Waals surface area contributed by atoms with Gasteiger partial charge < -0.3 is 11.1 Å². The minimum atomic E-state index is 0.818. The first kappa shape index (κ1) is 11.6. The van der Waals surface area contributed by atoms with Crippen LogP contribution in [0.2, 0.25) is 0 Å². The van der Waals surface area contributed by atoms with Crippen molar-refractivity contribution < 1.29 is 0 Å². The maximum atomic E-state index is 5.41. The number of nitrogens with zero attached hydrogens (tertiary/aromatic N) is 1. The smallest absolute Gasteiger partial charge is 0.0794 e. The number of thiazole rings is 1. The first-order chi connectivity index (χ1) is 6.93. The number of aromatic nitrogens is 1. The van der Waals surface area contributed by atoms with Gasteiger partial charge in [-0.25, -0.2) is 4.98 Å². The molecule has 3 nitrogen and oxygen atoms in total. The van der Waals surface area contributed by atoms with Crippen LogP contribution in [0.4, 0.5) is 0 Å². The molecule has 0 aliphatic heterocycles. The number of nitrogens with one attached hydrogen (secondary N) is 1. The van der Waals surface area contributed by atoms with Gasteiger partial charge in [-0.1, -0.05) is 6.42 Å². The zero-order valence-electron chi connectivity index (χ0n) is 8.54. The average Bonchev–Trinajstić information content (AvgIpc) is 2.69. The molecule has 0 aliphatic rings. The quantitative estimate of drug-likeness (QED) is 0.642. The molecule has 14 heavy (non-hydrogen) atoms. The highest BCUT2D eigenvalue weighted by Gasteiger charge is 1.93. The van der Waals surface area contributed by atoms with Gasteiger partial charge in [0.25, 0.3) is 0 Å². The molecule has 1 heterocycles. The van der Waals surface area contributed by atoms with E-state index in [4.69, 9.17) is 5.73 Å². The molecule has 0 aromatic carbocycles. The Labute approximate surface area is 89.7 Å². The van der Waals surface area contributed by atoms with Crippen LogP contribution >= 0.6 is 11.3 Å². The summed E-state index contributed by atoms with van der Waals surface area (Å²) in [5.41, 5.74) is 8.49. The molecule has 0 radical (unpaired) electrons. The number of hydrogen-bond acceptors (Lipinski definition) is 4. The average molecular weight is 213 g/mol. The van der Waals surface area contributed by atoms with Gasteiger partial charge in [0, 0.05) is 18.3 Å². The molecule has 0 bridgehead atoms. The molecule has 0 atom stereocenters. The van der Waals surface area contributed by atoms with Crippen LogP contribution in [-0.4, -0.2) is 24.6 Å². The van der Waals surface area contributed by atoms with Gasteiger partial charge in [0.15, 0.2) is 0 Å². The zero-order valence-corrected chi connectivity index (χ0v) is 9.35. The van der Waals surface area contributed by atoms with Crippen LogP contribution in [0.3, 0.4) is 0 Å². The highest BCUT2D eigenvalue weighted by atomic mass is 32.1. The lowest BCUT2D eigenvalue weighted by atomic mass is 10.2. The van der Waals surface area contributed by atoms with Crippen molar-refractivity contribution in [3.8, 4) is 0 Å². The fourth-order valence-corrected chi connectivity index (χ4v) is 1.87. The Bertz CT molecular complexity index is 211. The summed E-state index contributed by atoms with van der Waals surface area (Å²) in [6, 6.07) is 0. The molecule has 0 aliphatic carbocycles. The van der Waals surface area contributed by atoms with Gasteiger partial charge in [-0.15, -0.1) is 11.3 Å². The van der Waals surface area contributed by atoms with Gasteiger partial charge in [0.2, 0.25) is 0 Å². The first-order valence-electron chi connectivity index (χ1n) is 5.21. The van der Waals surface area contributed by atoms with Crippen molar-refractivity contribution in [2.24, 2.45) is 5.73 Å². The molecule has 0 saturated carbocycles. The van der Waals surface area contributed by atoms with E-state index in [1.54, 1.807) is 11.3 Å². The largest absolute Gasteiger partial charge is 0.330 e. The monoisotopic (exact) mass is 213 g/mol. The van der Waals surface area contributed by atoms with E-state index in [0.29, 0.717) is 0 Å². The number of hydrogen-bond donors (Lipinski definition) is 2. The molecule has 0 spiro atoms. The molecule has 1 aromatic heterocycles. The van der Waals surface area contributed by atoms with Crippen molar-refractivity contribution in [3.05, 3.63) is 16.6 Å². The summed E-state index contributed by atoms with van der Waals surface area (Å²) in [6.45, 7) is 2.95. The third-order valence-corrected chi connectivity index (χ3v) is 2.73. The second kappa shape index (κ2) is 7.91. The number of nitrogens with two attached hydrogens (primary N) is 1. The predicted molar refractivity (Wildman–Crippen MR) is 61.6 cm³/mol. The van der Waals surface area contributed by atoms with E-state index < -0.39 is 0 Å². The molecule has 1 rings (SSSR count). The van der Waals surface area contributed by atoms with Crippen molar-refractivity contribution >= 4 is 11.3 Å². The Morgan fingerprint density at radius 3 is 2.93 bits per heavy atom. The minimum absolute atomic E-state index is 0.818. The van der Waals surface area contributed by atoms with E-state index in [-0.39, 0.29) is 0 Å². The number of unbranched alkanes of at least 4 members (excludes halogenated alkanes) is 2. The SMILES string of the molecule is NCCCCCNCCc1cscn1. The second-order valence-electron chi connectivity index (χ2n) is 3.33. The van der Waals surface area contributed by atoms with E-state index in [1.165, 1.54) is 18.5 Å². The Morgan fingerprint density at radius 2 is 2.21 bits per heavy atom. The molecule has 0 saturated heterocycles. The van der Waals surface area contributed by atoms with Gasteiger partial charge in [-0.3, -0.25) is 0 Å². The first-order valence-corrected chi connectivity index (χ1v) is 6.15. The molecular weight excluding hydrogens is 194 g/mol. The van der Waals surface area contributed by atoms with Gasteiger partial charge in [0.05, 0.1) is 11.2 Å². The standard InChI is InChI=1S/C10H19N3S/c11-5-2-1-3-6-12-7-4-10-8-14-9-13-10/h8-9,12H,1-7,11H2. The van der Waals surface area contributed by atoms with Crippen molar-refractivity contribution in [2.45, 2.75) is 25.7 Å². The van der Waals surface area contributed by atoms with Crippen LogP contribution < -0.4 is 11.1 Å². The maximum Gasteiger partial charge on any atom is 0.0794 e. The third-order valence-electron chi connectivity index (χ3n) is 2.10. The van der Waals surface area contributed by atoms with Crippen LogP contribution in [0.5, 0.6) is 0 Å². The Balaban J connectivity index is 1.85. The summed E-state index contributed by atoms with van der Waals surface area (Å²) in [5.74, 6) is 0. The Hall–Kier alpha value is -0.450. The lowest BCUT2D eigenvalue weighted by Crippen LogP contribution is -2.18. The minimum Gasteiger partial charge on any atom is -0.330 e. The molecule has 0 fully saturated rings. The molecule has 0 amide bonds. The second-order valence-corrected chi connectivity index (χ2v) is 4.05. The molecular formula is C10H19N3S. The Morgan fingerprint density at radius 1 is 1.29 bits per heavy atom. The van der Waals surface area contributed by atoms with E-state index >= 15 is 0 Å². The summed E-state index contributed by atoms with van der Waals surface area (Å²) in [4.78, 5) is 4.23. The lowest BCUT2D eigenvalue weighted by Gasteiger charge is -2.02. The van der Waals surface area contributed by atoms with Crippen LogP contribution in [0.25, 0.3) is 0 Å². The van der Waals surface area contributed by atoms with E-state index in [9.17, 15) is 0 Å². The summed E-state index contributed by atoms with van der Waals surface area (Å²) in [7, 11) is 0. The molecule has 4 heteroatoms. The molecule has 0 unspecified atom stereocenters. The lowest BCUT2D eigenvalue weighted by molar-refractivity contribution is 0.605. The van der Waals surface area contributed by atoms with Gasteiger partial charge in [-0.05, 0) is 25.9 Å². The zero-order chi connectivity index (χ0) is 10.1. The number of rotatable bonds is 8. The fourth-order valence-electron chi connectivity index (χ4n) is 1.27. The van der Waals surface area contributed by atoms with Crippen molar-refractivity contribution in [3.63, 3.8) is 0 Å². The van der Waals surface area contributed by atoms with Crippen LogP contribution in [0, 0.1) is 0 Å². The fraction of sp³-hybridized carbons (Fsp3) is 0.700. The molecule has 1 aromatic rings. The van der Waals surface area contributed by atoms with E-state index in [2.05, 4.69) is 15.7 Å². The van der Waals surface area contributed by atoms with Crippen LogP contribution in [-0.2, 0) is 6.42 Å². The van der Waals surface area contributed by atoms with Gasteiger partial charge >= 0.3 is 0 Å². The molecule has 80 valence electrons. The maximum absolute atomic E-state index is 5.41. The summed E-state index contributed by atoms with van der Waals surface area (Å²) >= 11 is 1.66. The van der Waals surface area contributed by atoms with Crippen LogP contribution in [0.1, 0.15) is 25.0 Å². The van der Waals surface area contributed by atoms with Crippen molar-refractivity contribution in [2.75, 3.05) is 19.6 Å². The normalized spacial score (nSPS) is 10.6. The van der Waals surface area contributed by atoms with Gasteiger partial charge in [-0.2, -0.15) is 0 Å². The van der Waals surface area contributed by atoms with Crippen molar-refractivity contribution in [1.29, 1.82) is 0 Å². The van der Waals surface area contributed by atoms with E-state index in [0.717, 1.165) is 32.5 Å². The molecule has 3 N–H and O–H groups in total. The van der Waals surface area contributed by atoms with E-state index in [1.807, 2.05) is 5.51 Å². The van der Waals surface area contributed by atoms with Crippen LogP contribution in [0.15, 0.2) is 10.9 Å². The predicted octanol–water partition coefficient (Wildman–Crippen LogP) is 1.40. The topological polar surface area (TPSA) is 50.9 Å². The van der Waals surface area contributed by atoms with Crippen molar-refractivity contribution in [1.82, 2.24) is 10.3 Å². The third kappa shape index (κ3) is 5.32. The highest BCUT2D eigenvalue weighted by molar-refractivity contribution is 7.07. The summed E-state index contributed by atoms with van der Waals surface area (Å²) in [5, 5.41) is 5.51. The van der Waals surface area contributed by atoms with Gasteiger partial charge in [0.1, 0.15) is 0 Å². The summed E-state index contributed by atoms with van der Waals surface area (Å²) < 4.78 is 0.